The zero-order chi connectivity index (χ0) is 32.0. The molecule has 41 heavy (non-hydrogen) atoms. The van der Waals surface area contributed by atoms with Crippen molar-refractivity contribution in [3.05, 3.63) is 48.0 Å². The predicted molar refractivity (Wildman–Crippen MR) is 181 cm³/mol. The van der Waals surface area contributed by atoms with Crippen molar-refractivity contribution in [3.8, 4) is 0 Å². The van der Waals surface area contributed by atoms with E-state index < -0.39 is 0 Å². The molecule has 0 amide bonds. The number of nitrogens with zero attached hydrogens (tertiary/aromatic N) is 2. The maximum absolute atomic E-state index is 13.8. The van der Waals surface area contributed by atoms with Crippen LogP contribution in [0.15, 0.2) is 36.4 Å². The Kier molecular flexibility index (Phi) is 23.8. The molecule has 2 heterocycles. The third-order valence-electron chi connectivity index (χ3n) is 5.82. The first-order chi connectivity index (χ1) is 19.7. The summed E-state index contributed by atoms with van der Waals surface area (Å²) in [4.78, 5) is 4.16. The summed E-state index contributed by atoms with van der Waals surface area (Å²) in [6.45, 7) is 26.9. The molecule has 2 aliphatic heterocycles. The summed E-state index contributed by atoms with van der Waals surface area (Å²) in [5.41, 5.74) is 8.17. The summed E-state index contributed by atoms with van der Waals surface area (Å²) in [7, 11) is 1.79. The van der Waals surface area contributed by atoms with Gasteiger partial charge in [-0.05, 0) is 57.2 Å². The topological polar surface area (TPSA) is 68.6 Å². The molecular weight excluding hydrogens is 518 g/mol. The van der Waals surface area contributed by atoms with Crippen LogP contribution in [0.25, 0.3) is 0 Å². The van der Waals surface area contributed by atoms with Gasteiger partial charge >= 0.3 is 0 Å². The van der Waals surface area contributed by atoms with Crippen LogP contribution in [0, 0.1) is 11.6 Å². The second-order valence-corrected chi connectivity index (χ2v) is 9.51. The lowest BCUT2D eigenvalue weighted by Crippen LogP contribution is -2.54. The van der Waals surface area contributed by atoms with E-state index >= 15 is 0 Å². The monoisotopic (exact) mass is 581 g/mol. The molecule has 0 radical (unpaired) electrons. The van der Waals surface area contributed by atoms with Gasteiger partial charge in [0.1, 0.15) is 11.6 Å². The lowest BCUT2D eigenvalue weighted by molar-refractivity contribution is 0.404. The average molecular weight is 581 g/mol. The molecule has 238 valence electrons. The van der Waals surface area contributed by atoms with Crippen molar-refractivity contribution in [2.24, 2.45) is 0 Å². The number of nitrogen functional groups attached to an aromatic ring is 1. The SMILES string of the molecule is CC.CC.CC.CC1CN(c2ccc(N)cc2F)CC(C)N1.CCC.CNc1ccc(N2CCNC(C)C2)c(F)c1. The van der Waals surface area contributed by atoms with E-state index in [0.29, 0.717) is 35.2 Å². The van der Waals surface area contributed by atoms with Crippen LogP contribution in [-0.2, 0) is 0 Å². The minimum absolute atomic E-state index is 0.152. The Morgan fingerprint density at radius 2 is 1.24 bits per heavy atom. The first-order valence-electron chi connectivity index (χ1n) is 15.7. The van der Waals surface area contributed by atoms with Crippen LogP contribution in [0.4, 0.5) is 31.5 Å². The fourth-order valence-electron chi connectivity index (χ4n) is 4.37. The van der Waals surface area contributed by atoms with Crippen LogP contribution in [0.1, 0.15) is 82.6 Å². The van der Waals surface area contributed by atoms with Crippen LogP contribution in [-0.4, -0.2) is 57.9 Å². The number of anilines is 4. The Bertz CT molecular complexity index is 901. The van der Waals surface area contributed by atoms with Gasteiger partial charge in [0.2, 0.25) is 0 Å². The highest BCUT2D eigenvalue weighted by Crippen LogP contribution is 2.24. The van der Waals surface area contributed by atoms with Crippen molar-refractivity contribution in [3.63, 3.8) is 0 Å². The van der Waals surface area contributed by atoms with Gasteiger partial charge in [-0.3, -0.25) is 0 Å². The molecule has 3 atom stereocenters. The molecule has 2 aromatic carbocycles. The van der Waals surface area contributed by atoms with Gasteiger partial charge in [-0.2, -0.15) is 0 Å². The standard InChI is InChI=1S/2C12H18FN3.C3H8.3C2H6/c1-8-6-16(7-9(2)15-8)12-4-3-10(14)5-11(12)13;1-9-8-16(6-5-15-9)12-4-3-10(14-2)7-11(12)13;1-3-2;3*1-2/h3-5,8-9,15H,6-7,14H2,1-2H3;3-4,7,9,14-15H,5-6,8H2,1-2H3;3H2,1-2H3;3*1-2H3. The molecule has 0 saturated carbocycles. The molecule has 0 spiro atoms. The van der Waals surface area contributed by atoms with E-state index in [9.17, 15) is 8.78 Å². The number of hydrogen-bond acceptors (Lipinski definition) is 6. The quantitative estimate of drug-likeness (QED) is 0.278. The molecule has 0 aromatic heterocycles. The van der Waals surface area contributed by atoms with Crippen molar-refractivity contribution in [2.45, 2.75) is 101 Å². The van der Waals surface area contributed by atoms with Crippen molar-refractivity contribution < 1.29 is 8.78 Å². The number of hydrogen-bond donors (Lipinski definition) is 4. The summed E-state index contributed by atoms with van der Waals surface area (Å²) in [5.74, 6) is -0.387. The molecule has 3 unspecified atom stereocenters. The Labute approximate surface area is 251 Å². The Morgan fingerprint density at radius 3 is 1.71 bits per heavy atom. The van der Waals surface area contributed by atoms with E-state index in [1.54, 1.807) is 25.2 Å². The van der Waals surface area contributed by atoms with Gasteiger partial charge in [-0.1, -0.05) is 61.8 Å². The molecule has 5 N–H and O–H groups in total. The highest BCUT2D eigenvalue weighted by Gasteiger charge is 2.23. The molecule has 2 aromatic rings. The van der Waals surface area contributed by atoms with E-state index in [-0.39, 0.29) is 11.6 Å². The summed E-state index contributed by atoms with van der Waals surface area (Å²) < 4.78 is 27.6. The summed E-state index contributed by atoms with van der Waals surface area (Å²) in [6.07, 6.45) is 1.25. The van der Waals surface area contributed by atoms with E-state index in [1.165, 1.54) is 12.5 Å². The summed E-state index contributed by atoms with van der Waals surface area (Å²) in [6, 6.07) is 11.4. The van der Waals surface area contributed by atoms with Gasteiger partial charge < -0.3 is 31.5 Å². The van der Waals surface area contributed by atoms with Gasteiger partial charge in [0, 0.05) is 69.3 Å². The summed E-state index contributed by atoms with van der Waals surface area (Å²) >= 11 is 0. The Morgan fingerprint density at radius 1 is 0.780 bits per heavy atom. The van der Waals surface area contributed by atoms with E-state index in [2.05, 4.69) is 60.4 Å². The number of rotatable bonds is 3. The first-order valence-corrected chi connectivity index (χ1v) is 15.7. The molecule has 0 aliphatic carbocycles. The zero-order valence-electron chi connectivity index (χ0n) is 28.2. The van der Waals surface area contributed by atoms with E-state index in [4.69, 9.17) is 5.73 Å². The number of benzene rings is 2. The smallest absolute Gasteiger partial charge is 0.148 e. The fourth-order valence-corrected chi connectivity index (χ4v) is 4.37. The fraction of sp³-hybridized carbons (Fsp3) is 0.636. The van der Waals surface area contributed by atoms with Gasteiger partial charge in [0.25, 0.3) is 0 Å². The molecule has 6 nitrogen and oxygen atoms in total. The van der Waals surface area contributed by atoms with E-state index in [1.807, 2.05) is 53.7 Å². The first kappa shape index (κ1) is 40.6. The van der Waals surface area contributed by atoms with Gasteiger partial charge in [-0.25, -0.2) is 8.78 Å². The largest absolute Gasteiger partial charge is 0.399 e. The predicted octanol–water partition coefficient (Wildman–Crippen LogP) is 7.75. The lowest BCUT2D eigenvalue weighted by Gasteiger charge is -2.37. The molecule has 0 bridgehead atoms. The number of nitrogens with one attached hydrogen (secondary N) is 3. The minimum Gasteiger partial charge on any atom is -0.399 e. The molecule has 2 saturated heterocycles. The second kappa shape index (κ2) is 24.1. The van der Waals surface area contributed by atoms with Crippen LogP contribution in [0.5, 0.6) is 0 Å². The van der Waals surface area contributed by atoms with Gasteiger partial charge in [-0.15, -0.1) is 0 Å². The highest BCUT2D eigenvalue weighted by atomic mass is 19.1. The minimum atomic E-state index is -0.235. The normalized spacial score (nSPS) is 19.1. The Balaban J connectivity index is 0. The van der Waals surface area contributed by atoms with Crippen molar-refractivity contribution in [1.82, 2.24) is 10.6 Å². The molecule has 2 fully saturated rings. The lowest BCUT2D eigenvalue weighted by atomic mass is 10.1. The molecule has 8 heteroatoms. The van der Waals surface area contributed by atoms with Crippen LogP contribution < -0.4 is 31.5 Å². The van der Waals surface area contributed by atoms with Crippen molar-refractivity contribution in [2.75, 3.05) is 60.6 Å². The third kappa shape index (κ3) is 15.3. The second-order valence-electron chi connectivity index (χ2n) is 9.51. The maximum atomic E-state index is 13.8. The van der Waals surface area contributed by atoms with Crippen molar-refractivity contribution in [1.29, 1.82) is 0 Å². The number of halogens is 2. The molecule has 4 rings (SSSR count). The van der Waals surface area contributed by atoms with E-state index in [0.717, 1.165) is 38.4 Å². The van der Waals surface area contributed by atoms with Crippen LogP contribution in [0.3, 0.4) is 0 Å². The Hall–Kier alpha value is -2.58. The maximum Gasteiger partial charge on any atom is 0.148 e. The van der Waals surface area contributed by atoms with Crippen molar-refractivity contribution >= 4 is 22.7 Å². The molecular formula is C33H62F2N6. The average Bonchev–Trinajstić information content (AvgIpc) is 2.96. The van der Waals surface area contributed by atoms with Crippen LogP contribution >= 0.6 is 0 Å². The van der Waals surface area contributed by atoms with Gasteiger partial charge in [0.05, 0.1) is 11.4 Å². The molecule has 2 aliphatic rings. The third-order valence-corrected chi connectivity index (χ3v) is 5.82. The highest BCUT2D eigenvalue weighted by molar-refractivity contribution is 5.57. The number of nitrogens with two attached hydrogens (primary N) is 1. The number of piperazine rings is 2. The summed E-state index contributed by atoms with van der Waals surface area (Å²) in [5, 5.41) is 9.70. The van der Waals surface area contributed by atoms with Crippen LogP contribution in [0.2, 0.25) is 0 Å². The van der Waals surface area contributed by atoms with Gasteiger partial charge in [0.15, 0.2) is 0 Å². The zero-order valence-corrected chi connectivity index (χ0v) is 28.2.